The average Bonchev–Trinajstić information content (AvgIpc) is 2.74. The SMILES string of the molecule is CC(C)(CO)CO.O=C(O)c1ccc(C(=O)O)cc1.O=C(O)c1cccc(C(=O)O)c1. The van der Waals surface area contributed by atoms with Crippen molar-refractivity contribution >= 4 is 23.9 Å². The van der Waals surface area contributed by atoms with Gasteiger partial charge in [0, 0.05) is 5.41 Å². The van der Waals surface area contributed by atoms with E-state index in [1.165, 1.54) is 42.5 Å². The number of rotatable bonds is 6. The monoisotopic (exact) mass is 436 g/mol. The molecule has 10 heteroatoms. The molecular formula is C21H24O10. The number of aliphatic hydroxyl groups is 2. The van der Waals surface area contributed by atoms with E-state index in [0.29, 0.717) is 0 Å². The summed E-state index contributed by atoms with van der Waals surface area (Å²) in [5.74, 6) is -4.38. The van der Waals surface area contributed by atoms with Crippen molar-refractivity contribution in [3.63, 3.8) is 0 Å². The summed E-state index contributed by atoms with van der Waals surface area (Å²) in [6, 6.07) is 10.2. The Labute approximate surface area is 177 Å². The summed E-state index contributed by atoms with van der Waals surface area (Å²) in [7, 11) is 0. The molecule has 10 nitrogen and oxygen atoms in total. The third-order valence-corrected chi connectivity index (χ3v) is 3.59. The minimum atomic E-state index is -1.13. The molecule has 2 rings (SSSR count). The number of carboxylic acid groups (broad SMARTS) is 4. The number of hydrogen-bond donors (Lipinski definition) is 6. The molecule has 0 saturated heterocycles. The summed E-state index contributed by atoms with van der Waals surface area (Å²) >= 11 is 0. The van der Waals surface area contributed by atoms with Crippen LogP contribution in [0, 0.1) is 5.41 Å². The van der Waals surface area contributed by atoms with Crippen LogP contribution in [0.3, 0.4) is 0 Å². The minimum absolute atomic E-state index is 0.0186. The number of carbonyl (C=O) groups is 4. The summed E-state index contributed by atoms with van der Waals surface area (Å²) < 4.78 is 0. The van der Waals surface area contributed by atoms with E-state index in [1.54, 1.807) is 13.8 Å². The Balaban J connectivity index is 0.000000454. The molecule has 0 heterocycles. The Morgan fingerprint density at radius 3 is 1.10 bits per heavy atom. The zero-order valence-corrected chi connectivity index (χ0v) is 16.8. The standard InChI is InChI=1S/2C8H6O4.C5H12O2/c9-7(10)5-1-2-6(4-3-5)8(11)12;9-7(10)5-2-1-3-6(4-5)8(11)12;1-5(2,3-6)4-7/h2*1-4H,(H,9,10)(H,11,12);6-7H,3-4H2,1-2H3. The fourth-order valence-corrected chi connectivity index (χ4v) is 1.59. The Bertz CT molecular complexity index is 832. The average molecular weight is 436 g/mol. The highest BCUT2D eigenvalue weighted by Crippen LogP contribution is 2.10. The van der Waals surface area contributed by atoms with Crippen molar-refractivity contribution < 1.29 is 49.8 Å². The van der Waals surface area contributed by atoms with Crippen LogP contribution < -0.4 is 0 Å². The predicted molar refractivity (Wildman–Crippen MR) is 109 cm³/mol. The maximum Gasteiger partial charge on any atom is 0.335 e. The van der Waals surface area contributed by atoms with Gasteiger partial charge in [-0.1, -0.05) is 19.9 Å². The van der Waals surface area contributed by atoms with Gasteiger partial charge < -0.3 is 30.6 Å². The molecule has 0 amide bonds. The van der Waals surface area contributed by atoms with Crippen LogP contribution in [0.15, 0.2) is 48.5 Å². The molecule has 0 aliphatic heterocycles. The zero-order valence-electron chi connectivity index (χ0n) is 16.8. The van der Waals surface area contributed by atoms with E-state index >= 15 is 0 Å². The lowest BCUT2D eigenvalue weighted by molar-refractivity contribution is 0.0681. The highest BCUT2D eigenvalue weighted by atomic mass is 16.4. The van der Waals surface area contributed by atoms with Crippen molar-refractivity contribution in [2.75, 3.05) is 13.2 Å². The molecular weight excluding hydrogens is 412 g/mol. The van der Waals surface area contributed by atoms with Gasteiger partial charge >= 0.3 is 23.9 Å². The van der Waals surface area contributed by atoms with Gasteiger partial charge in [-0.15, -0.1) is 0 Å². The van der Waals surface area contributed by atoms with Crippen LogP contribution in [0.4, 0.5) is 0 Å². The van der Waals surface area contributed by atoms with Crippen LogP contribution >= 0.6 is 0 Å². The first-order valence-corrected chi connectivity index (χ1v) is 8.69. The third-order valence-electron chi connectivity index (χ3n) is 3.59. The van der Waals surface area contributed by atoms with E-state index in [1.807, 2.05) is 0 Å². The lowest BCUT2D eigenvalue weighted by atomic mass is 9.97. The molecule has 2 aromatic carbocycles. The third kappa shape index (κ3) is 10.5. The fraction of sp³-hybridized carbons (Fsp3) is 0.238. The Kier molecular flexibility index (Phi) is 11.2. The first-order valence-electron chi connectivity index (χ1n) is 8.69. The van der Waals surface area contributed by atoms with Gasteiger partial charge in [0.05, 0.1) is 35.5 Å². The van der Waals surface area contributed by atoms with E-state index in [-0.39, 0.29) is 40.9 Å². The quantitative estimate of drug-likeness (QED) is 0.391. The Hall–Kier alpha value is -3.76. The molecule has 0 spiro atoms. The van der Waals surface area contributed by atoms with Gasteiger partial charge in [0.2, 0.25) is 0 Å². The zero-order chi connectivity index (χ0) is 24.2. The first kappa shape index (κ1) is 27.2. The molecule has 0 aromatic heterocycles. The smallest absolute Gasteiger partial charge is 0.335 e. The van der Waals surface area contributed by atoms with Crippen LogP contribution in [-0.4, -0.2) is 67.7 Å². The van der Waals surface area contributed by atoms with Crippen LogP contribution in [-0.2, 0) is 0 Å². The van der Waals surface area contributed by atoms with E-state index in [2.05, 4.69) is 0 Å². The highest BCUT2D eigenvalue weighted by Gasteiger charge is 2.13. The molecule has 0 aliphatic carbocycles. The second-order valence-electron chi connectivity index (χ2n) is 6.86. The maximum atomic E-state index is 10.4. The number of aromatic carboxylic acids is 4. The lowest BCUT2D eigenvalue weighted by Crippen LogP contribution is -2.20. The first-order chi connectivity index (χ1) is 14.3. The van der Waals surface area contributed by atoms with Gasteiger partial charge in [0.15, 0.2) is 0 Å². The summed E-state index contributed by atoms with van der Waals surface area (Å²) in [6.45, 7) is 3.69. The van der Waals surface area contributed by atoms with E-state index in [0.717, 1.165) is 6.07 Å². The van der Waals surface area contributed by atoms with Crippen molar-refractivity contribution in [1.82, 2.24) is 0 Å². The maximum absolute atomic E-state index is 10.4. The minimum Gasteiger partial charge on any atom is -0.478 e. The molecule has 0 radical (unpaired) electrons. The molecule has 0 bridgehead atoms. The highest BCUT2D eigenvalue weighted by molar-refractivity contribution is 5.93. The second-order valence-corrected chi connectivity index (χ2v) is 6.86. The number of benzene rings is 2. The van der Waals surface area contributed by atoms with Crippen molar-refractivity contribution in [2.45, 2.75) is 13.8 Å². The number of carboxylic acids is 4. The molecule has 0 aliphatic rings. The van der Waals surface area contributed by atoms with Crippen LogP contribution in [0.25, 0.3) is 0 Å². The molecule has 2 aromatic rings. The van der Waals surface area contributed by atoms with Crippen LogP contribution in [0.5, 0.6) is 0 Å². The van der Waals surface area contributed by atoms with E-state index < -0.39 is 23.9 Å². The molecule has 0 atom stereocenters. The van der Waals surface area contributed by atoms with Crippen molar-refractivity contribution in [3.8, 4) is 0 Å². The molecule has 0 fully saturated rings. The van der Waals surface area contributed by atoms with Gasteiger partial charge in [-0.05, 0) is 42.5 Å². The van der Waals surface area contributed by atoms with Gasteiger partial charge in [-0.3, -0.25) is 0 Å². The largest absolute Gasteiger partial charge is 0.478 e. The fourth-order valence-electron chi connectivity index (χ4n) is 1.59. The molecule has 6 N–H and O–H groups in total. The van der Waals surface area contributed by atoms with E-state index in [9.17, 15) is 19.2 Å². The van der Waals surface area contributed by atoms with Crippen molar-refractivity contribution in [1.29, 1.82) is 0 Å². The van der Waals surface area contributed by atoms with E-state index in [4.69, 9.17) is 30.6 Å². The van der Waals surface area contributed by atoms with Gasteiger partial charge in [0.25, 0.3) is 0 Å². The van der Waals surface area contributed by atoms with Gasteiger partial charge in [-0.25, -0.2) is 19.2 Å². The number of hydrogen-bond acceptors (Lipinski definition) is 6. The lowest BCUT2D eigenvalue weighted by Gasteiger charge is -2.16. The predicted octanol–water partition coefficient (Wildman–Crippen LogP) is 2.16. The molecule has 0 unspecified atom stereocenters. The normalized spacial score (nSPS) is 9.94. The Morgan fingerprint density at radius 2 is 0.903 bits per heavy atom. The Morgan fingerprint density at radius 1 is 0.613 bits per heavy atom. The molecule has 0 saturated carbocycles. The van der Waals surface area contributed by atoms with Crippen LogP contribution in [0.1, 0.15) is 55.3 Å². The van der Waals surface area contributed by atoms with Gasteiger partial charge in [-0.2, -0.15) is 0 Å². The summed E-state index contributed by atoms with van der Waals surface area (Å²) in [4.78, 5) is 41.4. The van der Waals surface area contributed by atoms with Crippen LogP contribution in [0.2, 0.25) is 0 Å². The summed E-state index contributed by atoms with van der Waals surface area (Å²) in [5.41, 5.74) is -0.176. The molecule has 168 valence electrons. The molecule has 31 heavy (non-hydrogen) atoms. The summed E-state index contributed by atoms with van der Waals surface area (Å²) in [5, 5.41) is 50.8. The second kappa shape index (κ2) is 12.7. The topological polar surface area (TPSA) is 190 Å². The number of aliphatic hydroxyl groups excluding tert-OH is 2. The van der Waals surface area contributed by atoms with Crippen molar-refractivity contribution in [2.24, 2.45) is 5.41 Å². The van der Waals surface area contributed by atoms with Gasteiger partial charge in [0.1, 0.15) is 0 Å². The summed E-state index contributed by atoms with van der Waals surface area (Å²) in [6.07, 6.45) is 0. The van der Waals surface area contributed by atoms with Crippen molar-refractivity contribution in [3.05, 3.63) is 70.8 Å².